The fraction of sp³-hybridized carbons (Fsp3) is 0.467. The van der Waals surface area contributed by atoms with Gasteiger partial charge in [-0.15, -0.1) is 0 Å². The van der Waals surface area contributed by atoms with Crippen LogP contribution in [0.3, 0.4) is 0 Å². The molecular weight excluding hydrogens is 258 g/mol. The van der Waals surface area contributed by atoms with Crippen molar-refractivity contribution in [3.63, 3.8) is 0 Å². The van der Waals surface area contributed by atoms with Gasteiger partial charge in [-0.1, -0.05) is 44.2 Å². The standard InChI is InChI=1S/C15H21NO4/c1-11(2)8-13(15(18)19)16-14(17)10-20-9-12-6-4-3-5-7-12/h3-7,11,13H,8-10H2,1-2H3,(H,16,17)(H,18,19)/t13-/m0/s1. The molecule has 1 rings (SSSR count). The van der Waals surface area contributed by atoms with E-state index in [0.717, 1.165) is 5.56 Å². The molecule has 0 aromatic heterocycles. The summed E-state index contributed by atoms with van der Waals surface area (Å²) in [6, 6.07) is 8.62. The van der Waals surface area contributed by atoms with Gasteiger partial charge in [-0.2, -0.15) is 0 Å². The summed E-state index contributed by atoms with van der Waals surface area (Å²) in [5.41, 5.74) is 0.970. The minimum Gasteiger partial charge on any atom is -0.480 e. The number of aliphatic carboxylic acids is 1. The molecule has 0 radical (unpaired) electrons. The summed E-state index contributed by atoms with van der Waals surface area (Å²) < 4.78 is 5.26. The maximum atomic E-state index is 11.6. The predicted molar refractivity (Wildman–Crippen MR) is 75.1 cm³/mol. The predicted octanol–water partition coefficient (Wildman–Crippen LogP) is 1.82. The molecule has 0 unspecified atom stereocenters. The first-order valence-corrected chi connectivity index (χ1v) is 6.63. The number of hydrogen-bond acceptors (Lipinski definition) is 3. The Morgan fingerprint density at radius 1 is 1.25 bits per heavy atom. The minimum atomic E-state index is -1.02. The number of benzene rings is 1. The van der Waals surface area contributed by atoms with Crippen molar-refractivity contribution >= 4 is 11.9 Å². The number of amides is 1. The van der Waals surface area contributed by atoms with Crippen LogP contribution in [0.4, 0.5) is 0 Å². The molecule has 0 spiro atoms. The summed E-state index contributed by atoms with van der Waals surface area (Å²) in [5, 5.41) is 11.5. The van der Waals surface area contributed by atoms with E-state index >= 15 is 0 Å². The Hall–Kier alpha value is -1.88. The van der Waals surface area contributed by atoms with E-state index in [4.69, 9.17) is 9.84 Å². The summed E-state index contributed by atoms with van der Waals surface area (Å²) in [6.07, 6.45) is 0.403. The van der Waals surface area contributed by atoms with Crippen LogP contribution in [0, 0.1) is 5.92 Å². The SMILES string of the molecule is CC(C)C[C@H](NC(=O)COCc1ccccc1)C(=O)O. The number of ether oxygens (including phenoxy) is 1. The normalized spacial score (nSPS) is 12.2. The number of nitrogens with one attached hydrogen (secondary N) is 1. The Bertz CT molecular complexity index is 431. The van der Waals surface area contributed by atoms with Crippen LogP contribution in [0.1, 0.15) is 25.8 Å². The third-order valence-corrected chi connectivity index (χ3v) is 2.69. The molecule has 0 aliphatic heterocycles. The smallest absolute Gasteiger partial charge is 0.326 e. The number of carbonyl (C=O) groups excluding carboxylic acids is 1. The van der Waals surface area contributed by atoms with Gasteiger partial charge >= 0.3 is 5.97 Å². The van der Waals surface area contributed by atoms with Crippen molar-refractivity contribution in [2.75, 3.05) is 6.61 Å². The lowest BCUT2D eigenvalue weighted by molar-refractivity contribution is -0.143. The molecule has 0 bridgehead atoms. The van der Waals surface area contributed by atoms with Crippen LogP contribution in [0.2, 0.25) is 0 Å². The number of rotatable bonds is 8. The van der Waals surface area contributed by atoms with Crippen LogP contribution in [0.25, 0.3) is 0 Å². The molecule has 0 fully saturated rings. The van der Waals surface area contributed by atoms with Crippen molar-refractivity contribution in [3.8, 4) is 0 Å². The third-order valence-electron chi connectivity index (χ3n) is 2.69. The van der Waals surface area contributed by atoms with Crippen molar-refractivity contribution in [1.82, 2.24) is 5.32 Å². The van der Waals surface area contributed by atoms with Crippen molar-refractivity contribution < 1.29 is 19.4 Å². The number of carboxylic acids is 1. The number of hydrogen-bond donors (Lipinski definition) is 2. The highest BCUT2D eigenvalue weighted by Crippen LogP contribution is 2.05. The Morgan fingerprint density at radius 2 is 1.90 bits per heavy atom. The van der Waals surface area contributed by atoms with Crippen LogP contribution < -0.4 is 5.32 Å². The lowest BCUT2D eigenvalue weighted by Gasteiger charge is -2.16. The fourth-order valence-electron chi connectivity index (χ4n) is 1.76. The molecule has 0 saturated heterocycles. The van der Waals surface area contributed by atoms with Crippen LogP contribution in [-0.4, -0.2) is 29.6 Å². The van der Waals surface area contributed by atoms with E-state index in [-0.39, 0.29) is 12.5 Å². The highest BCUT2D eigenvalue weighted by atomic mass is 16.5. The van der Waals surface area contributed by atoms with Gasteiger partial charge in [0.25, 0.3) is 0 Å². The van der Waals surface area contributed by atoms with E-state index in [1.165, 1.54) is 0 Å². The van der Waals surface area contributed by atoms with E-state index in [1.807, 2.05) is 44.2 Å². The molecule has 1 atom stereocenters. The maximum absolute atomic E-state index is 11.6. The van der Waals surface area contributed by atoms with Crippen LogP contribution in [0.15, 0.2) is 30.3 Å². The molecule has 1 aromatic carbocycles. The molecule has 2 N–H and O–H groups in total. The quantitative estimate of drug-likeness (QED) is 0.761. The van der Waals surface area contributed by atoms with Crippen LogP contribution >= 0.6 is 0 Å². The average Bonchev–Trinajstić information content (AvgIpc) is 2.38. The zero-order valence-corrected chi connectivity index (χ0v) is 11.8. The summed E-state index contributed by atoms with van der Waals surface area (Å²) in [4.78, 5) is 22.6. The van der Waals surface area contributed by atoms with E-state index in [2.05, 4.69) is 5.32 Å². The lowest BCUT2D eigenvalue weighted by Crippen LogP contribution is -2.43. The molecule has 1 aromatic rings. The third kappa shape index (κ3) is 6.33. The molecule has 20 heavy (non-hydrogen) atoms. The zero-order chi connectivity index (χ0) is 15.0. The Labute approximate surface area is 118 Å². The molecule has 5 nitrogen and oxygen atoms in total. The van der Waals surface area contributed by atoms with Crippen molar-refractivity contribution in [2.45, 2.75) is 32.9 Å². The Morgan fingerprint density at radius 3 is 2.45 bits per heavy atom. The zero-order valence-electron chi connectivity index (χ0n) is 11.8. The second-order valence-corrected chi connectivity index (χ2v) is 5.07. The highest BCUT2D eigenvalue weighted by molar-refractivity contribution is 5.84. The molecule has 0 aliphatic carbocycles. The van der Waals surface area contributed by atoms with E-state index in [0.29, 0.717) is 13.0 Å². The van der Waals surface area contributed by atoms with Gasteiger partial charge in [0, 0.05) is 0 Å². The Kier molecular flexibility index (Phi) is 6.73. The van der Waals surface area contributed by atoms with Gasteiger partial charge in [-0.3, -0.25) is 4.79 Å². The summed E-state index contributed by atoms with van der Waals surface area (Å²) in [7, 11) is 0. The van der Waals surface area contributed by atoms with Crippen LogP contribution in [0.5, 0.6) is 0 Å². The lowest BCUT2D eigenvalue weighted by atomic mass is 10.0. The van der Waals surface area contributed by atoms with Crippen LogP contribution in [-0.2, 0) is 20.9 Å². The number of carbonyl (C=O) groups is 2. The largest absolute Gasteiger partial charge is 0.480 e. The number of carboxylic acid groups (broad SMARTS) is 1. The summed E-state index contributed by atoms with van der Waals surface area (Å²) in [5.74, 6) is -1.23. The molecule has 1 amide bonds. The molecule has 0 aliphatic rings. The van der Waals surface area contributed by atoms with Gasteiger partial charge in [-0.05, 0) is 17.9 Å². The second kappa shape index (κ2) is 8.32. The molecule has 0 saturated carbocycles. The molecule has 0 heterocycles. The summed E-state index contributed by atoms with van der Waals surface area (Å²) in [6.45, 7) is 4.01. The van der Waals surface area contributed by atoms with E-state index in [9.17, 15) is 9.59 Å². The van der Waals surface area contributed by atoms with Crippen molar-refractivity contribution in [3.05, 3.63) is 35.9 Å². The van der Waals surface area contributed by atoms with Gasteiger partial charge in [0.2, 0.25) is 5.91 Å². The first-order chi connectivity index (χ1) is 9.49. The molecule has 110 valence electrons. The van der Waals surface area contributed by atoms with E-state index in [1.54, 1.807) is 0 Å². The first-order valence-electron chi connectivity index (χ1n) is 6.63. The first kappa shape index (κ1) is 16.2. The Balaban J connectivity index is 2.33. The van der Waals surface area contributed by atoms with Crippen molar-refractivity contribution in [2.24, 2.45) is 5.92 Å². The maximum Gasteiger partial charge on any atom is 0.326 e. The van der Waals surface area contributed by atoms with Gasteiger partial charge in [-0.25, -0.2) is 4.79 Å². The minimum absolute atomic E-state index is 0.142. The monoisotopic (exact) mass is 279 g/mol. The molecular formula is C15H21NO4. The highest BCUT2D eigenvalue weighted by Gasteiger charge is 2.20. The summed E-state index contributed by atoms with van der Waals surface area (Å²) >= 11 is 0. The fourth-order valence-corrected chi connectivity index (χ4v) is 1.76. The van der Waals surface area contributed by atoms with Gasteiger partial charge in [0.15, 0.2) is 0 Å². The second-order valence-electron chi connectivity index (χ2n) is 5.07. The average molecular weight is 279 g/mol. The van der Waals surface area contributed by atoms with E-state index < -0.39 is 17.9 Å². The van der Waals surface area contributed by atoms with Gasteiger partial charge in [0.05, 0.1) is 6.61 Å². The van der Waals surface area contributed by atoms with Gasteiger partial charge in [0.1, 0.15) is 12.6 Å². The topological polar surface area (TPSA) is 75.6 Å². The molecule has 5 heteroatoms. The van der Waals surface area contributed by atoms with Gasteiger partial charge < -0.3 is 15.2 Å². The van der Waals surface area contributed by atoms with Crippen molar-refractivity contribution in [1.29, 1.82) is 0 Å².